The van der Waals surface area contributed by atoms with E-state index in [9.17, 15) is 22.4 Å². The average Bonchev–Trinajstić information content (AvgIpc) is 2.96. The molecule has 0 aliphatic carbocycles. The molecule has 8 nitrogen and oxygen atoms in total. The van der Waals surface area contributed by atoms with Gasteiger partial charge in [-0.25, -0.2) is 12.8 Å². The first kappa shape index (κ1) is 33.2. The van der Waals surface area contributed by atoms with Crippen LogP contribution < -0.4 is 14.4 Å². The predicted molar refractivity (Wildman–Crippen MR) is 163 cm³/mol. The van der Waals surface area contributed by atoms with E-state index in [0.29, 0.717) is 29.4 Å². The molecular weight excluding hydrogens is 604 g/mol. The average molecular weight is 639 g/mol. The monoisotopic (exact) mass is 637 g/mol. The van der Waals surface area contributed by atoms with Crippen LogP contribution in [0.3, 0.4) is 0 Å². The van der Waals surface area contributed by atoms with Crippen LogP contribution in [0.2, 0.25) is 10.0 Å². The Kier molecular flexibility index (Phi) is 11.6. The lowest BCUT2D eigenvalue weighted by Crippen LogP contribution is -2.52. The van der Waals surface area contributed by atoms with Crippen molar-refractivity contribution < 1.29 is 27.1 Å². The Hall–Kier alpha value is -3.34. The highest BCUT2D eigenvalue weighted by atomic mass is 35.5. The Morgan fingerprint density at radius 1 is 0.952 bits per heavy atom. The van der Waals surface area contributed by atoms with Gasteiger partial charge in [0, 0.05) is 12.6 Å². The van der Waals surface area contributed by atoms with E-state index in [4.69, 9.17) is 27.9 Å². The first-order valence-corrected chi connectivity index (χ1v) is 15.6. The summed E-state index contributed by atoms with van der Waals surface area (Å²) in [7, 11) is -4.34. The summed E-state index contributed by atoms with van der Waals surface area (Å²) in [6.07, 6.45) is 0.681. The second-order valence-electron chi connectivity index (χ2n) is 9.66. The second-order valence-corrected chi connectivity index (χ2v) is 12.3. The van der Waals surface area contributed by atoms with Crippen molar-refractivity contribution in [3.8, 4) is 5.75 Å². The molecule has 226 valence electrons. The maximum Gasteiger partial charge on any atom is 0.264 e. The lowest BCUT2D eigenvalue weighted by molar-refractivity contribution is -0.139. The van der Waals surface area contributed by atoms with E-state index in [1.807, 2.05) is 20.8 Å². The number of nitrogens with zero attached hydrogens (tertiary/aromatic N) is 2. The van der Waals surface area contributed by atoms with E-state index in [0.717, 1.165) is 28.6 Å². The third-order valence-corrected chi connectivity index (χ3v) is 9.15. The van der Waals surface area contributed by atoms with Crippen LogP contribution in [0.4, 0.5) is 10.1 Å². The molecule has 0 saturated carbocycles. The lowest BCUT2D eigenvalue weighted by Gasteiger charge is -2.32. The summed E-state index contributed by atoms with van der Waals surface area (Å²) in [6.45, 7) is 6.88. The van der Waals surface area contributed by atoms with Crippen LogP contribution in [0.1, 0.15) is 39.7 Å². The summed E-state index contributed by atoms with van der Waals surface area (Å²) in [5.74, 6) is -1.13. The molecule has 3 aromatic carbocycles. The maximum absolute atomic E-state index is 14.0. The molecule has 42 heavy (non-hydrogen) atoms. The van der Waals surface area contributed by atoms with Crippen molar-refractivity contribution in [2.75, 3.05) is 17.5 Å². The number of carbonyl (C=O) groups excluding carboxylic acids is 2. The molecule has 0 aliphatic heterocycles. The summed E-state index contributed by atoms with van der Waals surface area (Å²) >= 11 is 12.3. The molecular formula is C30H34Cl2FN3O5S. The highest BCUT2D eigenvalue weighted by molar-refractivity contribution is 7.92. The number of sulfonamides is 1. The number of amides is 2. The van der Waals surface area contributed by atoms with Gasteiger partial charge in [0.05, 0.1) is 27.2 Å². The Morgan fingerprint density at radius 3 is 2.17 bits per heavy atom. The summed E-state index contributed by atoms with van der Waals surface area (Å²) in [4.78, 5) is 28.2. The highest BCUT2D eigenvalue weighted by Gasteiger charge is 2.33. The fraction of sp³-hybridized carbons (Fsp3) is 0.333. The summed E-state index contributed by atoms with van der Waals surface area (Å²) in [6, 6.07) is 14.3. The first-order valence-electron chi connectivity index (χ1n) is 13.4. The molecule has 1 N–H and O–H groups in total. The van der Waals surface area contributed by atoms with Crippen molar-refractivity contribution in [3.05, 3.63) is 88.2 Å². The van der Waals surface area contributed by atoms with Crippen molar-refractivity contribution in [2.45, 2.75) is 57.6 Å². The predicted octanol–water partition coefficient (Wildman–Crippen LogP) is 6.06. The third-order valence-electron chi connectivity index (χ3n) is 6.62. The van der Waals surface area contributed by atoms with Gasteiger partial charge in [-0.15, -0.1) is 0 Å². The number of nitrogens with one attached hydrogen (secondary N) is 1. The minimum absolute atomic E-state index is 0.0431. The number of rotatable bonds is 13. The number of halogens is 3. The molecule has 0 bridgehead atoms. The van der Waals surface area contributed by atoms with Gasteiger partial charge in [-0.2, -0.15) is 0 Å². The van der Waals surface area contributed by atoms with E-state index in [2.05, 4.69) is 5.32 Å². The normalized spacial score (nSPS) is 12.7. The lowest BCUT2D eigenvalue weighted by atomic mass is 10.1. The number of carbonyl (C=O) groups is 2. The summed E-state index contributed by atoms with van der Waals surface area (Å²) in [5, 5.41) is 3.47. The zero-order valence-corrected chi connectivity index (χ0v) is 26.1. The Balaban J connectivity index is 2.04. The Bertz CT molecular complexity index is 1490. The maximum atomic E-state index is 14.0. The molecule has 0 heterocycles. The second kappa shape index (κ2) is 14.7. The van der Waals surface area contributed by atoms with Gasteiger partial charge >= 0.3 is 0 Å². The van der Waals surface area contributed by atoms with Gasteiger partial charge < -0.3 is 15.0 Å². The van der Waals surface area contributed by atoms with E-state index in [-0.39, 0.29) is 28.2 Å². The standard InChI is InChI=1S/C30H34Cl2FN3O5S/c1-5-20(3)34-30(38)21(4)35(18-22-7-16-27(31)28(32)17-22)29(37)19-36(24-10-12-25(13-11-24)41-6-2)42(39,40)26-14-8-23(33)9-15-26/h7-17,20-21H,5-6,18-19H2,1-4H3,(H,34,38)/t20-,21+/m0/s1. The van der Waals surface area contributed by atoms with E-state index < -0.39 is 40.2 Å². The van der Waals surface area contributed by atoms with Crippen LogP contribution in [-0.4, -0.2) is 50.4 Å². The van der Waals surface area contributed by atoms with Gasteiger partial charge in [-0.1, -0.05) is 36.2 Å². The smallest absolute Gasteiger partial charge is 0.264 e. The quantitative estimate of drug-likeness (QED) is 0.246. The molecule has 3 rings (SSSR count). The van der Waals surface area contributed by atoms with E-state index >= 15 is 0 Å². The zero-order chi connectivity index (χ0) is 31.0. The highest BCUT2D eigenvalue weighted by Crippen LogP contribution is 2.28. The molecule has 0 aliphatic rings. The number of hydrogen-bond donors (Lipinski definition) is 1. The molecule has 2 amide bonds. The molecule has 12 heteroatoms. The number of hydrogen-bond acceptors (Lipinski definition) is 5. The topological polar surface area (TPSA) is 96.0 Å². The number of ether oxygens (including phenoxy) is 1. The molecule has 0 radical (unpaired) electrons. The first-order chi connectivity index (χ1) is 19.9. The molecule has 0 unspecified atom stereocenters. The van der Waals surface area contributed by atoms with E-state index in [1.54, 1.807) is 37.3 Å². The van der Waals surface area contributed by atoms with Gasteiger partial charge in [0.15, 0.2) is 0 Å². The largest absolute Gasteiger partial charge is 0.494 e. The number of benzene rings is 3. The van der Waals surface area contributed by atoms with Crippen molar-refractivity contribution >= 4 is 50.7 Å². The van der Waals surface area contributed by atoms with Gasteiger partial charge in [0.25, 0.3) is 10.0 Å². The van der Waals surface area contributed by atoms with Crippen LogP contribution in [0.5, 0.6) is 5.75 Å². The number of anilines is 1. The third kappa shape index (κ3) is 8.36. The molecule has 2 atom stereocenters. The van der Waals surface area contributed by atoms with Gasteiger partial charge in [0.2, 0.25) is 11.8 Å². The van der Waals surface area contributed by atoms with Gasteiger partial charge in [0.1, 0.15) is 24.2 Å². The van der Waals surface area contributed by atoms with Crippen molar-refractivity contribution in [2.24, 2.45) is 0 Å². The van der Waals surface area contributed by atoms with Gasteiger partial charge in [-0.05, 0) is 93.4 Å². The Labute approximate surface area is 256 Å². The van der Waals surface area contributed by atoms with Gasteiger partial charge in [-0.3, -0.25) is 13.9 Å². The summed E-state index contributed by atoms with van der Waals surface area (Å²) in [5.41, 5.74) is 0.775. The molecule has 0 aromatic heterocycles. The van der Waals surface area contributed by atoms with Crippen LogP contribution in [-0.2, 0) is 26.2 Å². The van der Waals surface area contributed by atoms with Crippen LogP contribution in [0.25, 0.3) is 0 Å². The molecule has 0 saturated heterocycles. The van der Waals surface area contributed by atoms with Crippen LogP contribution in [0, 0.1) is 5.82 Å². The minimum Gasteiger partial charge on any atom is -0.494 e. The van der Waals surface area contributed by atoms with Crippen molar-refractivity contribution in [3.63, 3.8) is 0 Å². The Morgan fingerprint density at radius 2 is 1.60 bits per heavy atom. The van der Waals surface area contributed by atoms with Crippen molar-refractivity contribution in [1.29, 1.82) is 0 Å². The van der Waals surface area contributed by atoms with Crippen LogP contribution in [0.15, 0.2) is 71.6 Å². The SMILES string of the molecule is CCOc1ccc(N(CC(=O)N(Cc2ccc(Cl)c(Cl)c2)[C@H](C)C(=O)N[C@@H](C)CC)S(=O)(=O)c2ccc(F)cc2)cc1. The molecule has 0 spiro atoms. The fourth-order valence-corrected chi connectivity index (χ4v) is 5.76. The van der Waals surface area contributed by atoms with Crippen molar-refractivity contribution in [1.82, 2.24) is 10.2 Å². The molecule has 0 fully saturated rings. The fourth-order valence-electron chi connectivity index (χ4n) is 4.02. The minimum atomic E-state index is -4.34. The molecule has 3 aromatic rings. The zero-order valence-electron chi connectivity index (χ0n) is 23.8. The van der Waals surface area contributed by atoms with Crippen LogP contribution >= 0.6 is 23.2 Å². The van der Waals surface area contributed by atoms with E-state index in [1.165, 1.54) is 17.0 Å². The summed E-state index contributed by atoms with van der Waals surface area (Å²) < 4.78 is 47.7.